The average Bonchev–Trinajstić information content (AvgIpc) is 3.14. The molecule has 0 spiro atoms. The zero-order valence-electron chi connectivity index (χ0n) is 15.7. The number of sulfonamides is 1. The van der Waals surface area contributed by atoms with Crippen molar-refractivity contribution in [1.29, 1.82) is 0 Å². The predicted octanol–water partition coefficient (Wildman–Crippen LogP) is 2.60. The summed E-state index contributed by atoms with van der Waals surface area (Å²) in [7, 11) is -3.88. The van der Waals surface area contributed by atoms with E-state index in [1.54, 1.807) is 24.3 Å². The lowest BCUT2D eigenvalue weighted by Gasteiger charge is -2.10. The van der Waals surface area contributed by atoms with Gasteiger partial charge >= 0.3 is 0 Å². The van der Waals surface area contributed by atoms with Crippen molar-refractivity contribution in [3.05, 3.63) is 66.3 Å². The molecular weight excluding hydrogens is 427 g/mol. The Morgan fingerprint density at radius 1 is 1.06 bits per heavy atom. The molecule has 4 rings (SSSR count). The molecule has 0 aliphatic carbocycles. The molecule has 2 heterocycles. The topological polar surface area (TPSA) is 166 Å². The van der Waals surface area contributed by atoms with Crippen LogP contribution in [0, 0.1) is 5.82 Å². The van der Waals surface area contributed by atoms with Crippen LogP contribution in [0.2, 0.25) is 0 Å². The van der Waals surface area contributed by atoms with E-state index in [0.717, 1.165) is 6.20 Å². The van der Waals surface area contributed by atoms with Crippen LogP contribution in [0.4, 0.5) is 27.5 Å². The number of aromatic nitrogens is 2. The Balaban J connectivity index is 1.60. The van der Waals surface area contributed by atoms with Crippen LogP contribution in [-0.4, -0.2) is 24.3 Å². The third-order valence-corrected chi connectivity index (χ3v) is 5.10. The lowest BCUT2D eigenvalue weighted by atomic mass is 10.2. The van der Waals surface area contributed by atoms with Gasteiger partial charge in [-0.2, -0.15) is 4.98 Å². The largest absolute Gasteiger partial charge is 0.451 e. The van der Waals surface area contributed by atoms with Crippen LogP contribution < -0.4 is 21.5 Å². The minimum Gasteiger partial charge on any atom is -0.451 e. The second-order valence-electron chi connectivity index (χ2n) is 6.44. The summed E-state index contributed by atoms with van der Waals surface area (Å²) in [5.74, 6) is -1.51. The van der Waals surface area contributed by atoms with Gasteiger partial charge < -0.3 is 20.8 Å². The van der Waals surface area contributed by atoms with Gasteiger partial charge in [-0.05, 0) is 42.5 Å². The summed E-state index contributed by atoms with van der Waals surface area (Å²) in [6.45, 7) is 0. The third-order valence-electron chi connectivity index (χ3n) is 4.18. The van der Waals surface area contributed by atoms with Crippen LogP contribution in [0.1, 0.15) is 10.6 Å². The van der Waals surface area contributed by atoms with Crippen molar-refractivity contribution in [2.24, 2.45) is 10.9 Å². The fourth-order valence-electron chi connectivity index (χ4n) is 2.77. The molecule has 0 saturated carbocycles. The molecule has 2 aromatic carbocycles. The lowest BCUT2D eigenvalue weighted by Crippen LogP contribution is -2.12. The van der Waals surface area contributed by atoms with Crippen LogP contribution in [-0.2, 0) is 10.0 Å². The second-order valence-corrected chi connectivity index (χ2v) is 8.00. The summed E-state index contributed by atoms with van der Waals surface area (Å²) in [5.41, 5.74) is 6.48. The third kappa shape index (κ3) is 4.44. The Kier molecular flexibility index (Phi) is 5.01. The SMILES string of the molecule is NC(=O)c1cc2cc(Nc3nc(Nc4cccc(S(N)(=O)=O)c4)ncc3F)ccc2o1. The first-order valence-electron chi connectivity index (χ1n) is 8.72. The van der Waals surface area contributed by atoms with Crippen molar-refractivity contribution in [1.82, 2.24) is 9.97 Å². The Morgan fingerprint density at radius 3 is 2.58 bits per heavy atom. The van der Waals surface area contributed by atoms with Gasteiger partial charge in [-0.3, -0.25) is 4.79 Å². The quantitative estimate of drug-likeness (QED) is 0.353. The fourth-order valence-corrected chi connectivity index (χ4v) is 3.33. The number of nitrogens with two attached hydrogens (primary N) is 2. The molecule has 31 heavy (non-hydrogen) atoms. The number of halogens is 1. The summed E-state index contributed by atoms with van der Waals surface area (Å²) in [6, 6.07) is 12.0. The fraction of sp³-hybridized carbons (Fsp3) is 0. The van der Waals surface area contributed by atoms with Gasteiger partial charge in [0.15, 0.2) is 17.4 Å². The lowest BCUT2D eigenvalue weighted by molar-refractivity contribution is 0.0976. The van der Waals surface area contributed by atoms with E-state index in [0.29, 0.717) is 22.3 Å². The summed E-state index contributed by atoms with van der Waals surface area (Å²) >= 11 is 0. The Bertz CT molecular complexity index is 1420. The number of furan rings is 1. The Labute approximate surface area is 175 Å². The maximum Gasteiger partial charge on any atom is 0.284 e. The van der Waals surface area contributed by atoms with Gasteiger partial charge in [-0.1, -0.05) is 6.07 Å². The normalized spacial score (nSPS) is 11.4. The number of hydrogen-bond donors (Lipinski definition) is 4. The van der Waals surface area contributed by atoms with Crippen LogP contribution in [0.25, 0.3) is 11.0 Å². The van der Waals surface area contributed by atoms with E-state index in [4.69, 9.17) is 15.3 Å². The van der Waals surface area contributed by atoms with E-state index >= 15 is 0 Å². The molecule has 2 aromatic heterocycles. The zero-order chi connectivity index (χ0) is 22.2. The van der Waals surface area contributed by atoms with E-state index in [-0.39, 0.29) is 22.4 Å². The maximum absolute atomic E-state index is 14.2. The number of nitrogens with zero attached hydrogens (tertiary/aromatic N) is 2. The smallest absolute Gasteiger partial charge is 0.284 e. The molecule has 6 N–H and O–H groups in total. The number of anilines is 4. The highest BCUT2D eigenvalue weighted by atomic mass is 32.2. The van der Waals surface area contributed by atoms with Crippen molar-refractivity contribution in [3.63, 3.8) is 0 Å². The average molecular weight is 442 g/mol. The first kappa shape index (κ1) is 20.3. The van der Waals surface area contributed by atoms with Crippen molar-refractivity contribution < 1.29 is 22.0 Å². The zero-order valence-corrected chi connectivity index (χ0v) is 16.5. The molecule has 12 heteroatoms. The van der Waals surface area contributed by atoms with Crippen molar-refractivity contribution >= 4 is 50.0 Å². The minimum absolute atomic E-state index is 0.00794. The summed E-state index contributed by atoms with van der Waals surface area (Å²) < 4.78 is 42.6. The molecule has 0 radical (unpaired) electrons. The monoisotopic (exact) mass is 442 g/mol. The highest BCUT2D eigenvalue weighted by Crippen LogP contribution is 2.26. The minimum atomic E-state index is -3.88. The van der Waals surface area contributed by atoms with Gasteiger partial charge in [-0.15, -0.1) is 0 Å². The van der Waals surface area contributed by atoms with E-state index in [1.165, 1.54) is 24.3 Å². The first-order valence-corrected chi connectivity index (χ1v) is 10.3. The number of rotatable bonds is 6. The van der Waals surface area contributed by atoms with Gasteiger partial charge in [0, 0.05) is 16.8 Å². The number of fused-ring (bicyclic) bond motifs is 1. The number of nitrogens with one attached hydrogen (secondary N) is 2. The molecule has 158 valence electrons. The maximum atomic E-state index is 14.2. The molecular formula is C19H15FN6O4S. The Morgan fingerprint density at radius 2 is 1.84 bits per heavy atom. The van der Waals surface area contributed by atoms with Crippen LogP contribution in [0.3, 0.4) is 0 Å². The van der Waals surface area contributed by atoms with Crippen LogP contribution in [0.15, 0.2) is 64.0 Å². The molecule has 4 aromatic rings. The highest BCUT2D eigenvalue weighted by Gasteiger charge is 2.12. The van der Waals surface area contributed by atoms with Crippen LogP contribution >= 0.6 is 0 Å². The van der Waals surface area contributed by atoms with Gasteiger partial charge in [0.1, 0.15) is 5.58 Å². The van der Waals surface area contributed by atoms with Crippen molar-refractivity contribution in [3.8, 4) is 0 Å². The van der Waals surface area contributed by atoms with E-state index in [9.17, 15) is 17.6 Å². The standard InChI is InChI=1S/C19H15FN6O4S/c20-14-9-23-19(25-11-2-1-3-13(8-11)31(22,28)29)26-18(14)24-12-4-5-15-10(6-12)7-16(30-15)17(21)27/h1-9H,(H2,21,27)(H2,22,28,29)(H2,23,24,25,26). The van der Waals surface area contributed by atoms with Gasteiger partial charge in [0.25, 0.3) is 5.91 Å². The highest BCUT2D eigenvalue weighted by molar-refractivity contribution is 7.89. The van der Waals surface area contributed by atoms with E-state index in [2.05, 4.69) is 20.6 Å². The number of carbonyl (C=O) groups is 1. The number of carbonyl (C=O) groups excluding carboxylic acids is 1. The summed E-state index contributed by atoms with van der Waals surface area (Å²) in [4.78, 5) is 19.1. The number of primary sulfonamides is 1. The summed E-state index contributed by atoms with van der Waals surface area (Å²) in [6.07, 6.45) is 0.961. The molecule has 0 unspecified atom stereocenters. The number of benzene rings is 2. The first-order chi connectivity index (χ1) is 14.7. The molecule has 0 fully saturated rings. The molecule has 0 bridgehead atoms. The van der Waals surface area contributed by atoms with Gasteiger partial charge in [-0.25, -0.2) is 22.9 Å². The molecule has 0 aliphatic rings. The number of primary amides is 1. The number of hydrogen-bond acceptors (Lipinski definition) is 8. The number of amides is 1. The van der Waals surface area contributed by atoms with Crippen molar-refractivity contribution in [2.45, 2.75) is 4.90 Å². The molecule has 0 atom stereocenters. The molecule has 0 aliphatic heterocycles. The van der Waals surface area contributed by atoms with E-state index in [1.807, 2.05) is 0 Å². The van der Waals surface area contributed by atoms with Crippen LogP contribution in [0.5, 0.6) is 0 Å². The molecule has 1 amide bonds. The van der Waals surface area contributed by atoms with Crippen molar-refractivity contribution in [2.75, 3.05) is 10.6 Å². The summed E-state index contributed by atoms with van der Waals surface area (Å²) in [5, 5.41) is 11.3. The second kappa shape index (κ2) is 7.66. The Hall–Kier alpha value is -4.03. The van der Waals surface area contributed by atoms with Gasteiger partial charge in [0.2, 0.25) is 16.0 Å². The van der Waals surface area contributed by atoms with Gasteiger partial charge in [0.05, 0.1) is 11.1 Å². The predicted molar refractivity (Wildman–Crippen MR) is 111 cm³/mol. The molecule has 0 saturated heterocycles. The van der Waals surface area contributed by atoms with E-state index < -0.39 is 21.7 Å². The molecule has 10 nitrogen and oxygen atoms in total.